The molecule has 0 aromatic heterocycles. The van der Waals surface area contributed by atoms with Crippen LogP contribution in [0.25, 0.3) is 0 Å². The Morgan fingerprint density at radius 1 is 1.24 bits per heavy atom. The Kier molecular flexibility index (Phi) is 4.47. The van der Waals surface area contributed by atoms with Gasteiger partial charge in [0, 0.05) is 24.8 Å². The van der Waals surface area contributed by atoms with Crippen molar-refractivity contribution in [3.63, 3.8) is 0 Å². The summed E-state index contributed by atoms with van der Waals surface area (Å²) in [5.41, 5.74) is 1.84. The summed E-state index contributed by atoms with van der Waals surface area (Å²) in [5, 5.41) is 3.40. The first-order valence-corrected chi connectivity index (χ1v) is 8.45. The molecule has 1 aliphatic carbocycles. The molecule has 21 heavy (non-hydrogen) atoms. The van der Waals surface area contributed by atoms with Gasteiger partial charge in [-0.15, -0.1) is 0 Å². The molecule has 0 radical (unpaired) electrons. The highest BCUT2D eigenvalue weighted by Crippen LogP contribution is 2.37. The highest BCUT2D eigenvalue weighted by atomic mass is 16.2. The number of anilines is 1. The molecule has 1 aromatic rings. The summed E-state index contributed by atoms with van der Waals surface area (Å²) in [6.07, 6.45) is 7.33. The van der Waals surface area contributed by atoms with Crippen LogP contribution in [0.3, 0.4) is 0 Å². The summed E-state index contributed by atoms with van der Waals surface area (Å²) >= 11 is 0. The summed E-state index contributed by atoms with van der Waals surface area (Å²) in [7, 11) is 0. The molecule has 3 nitrogen and oxygen atoms in total. The van der Waals surface area contributed by atoms with Crippen LogP contribution < -0.4 is 5.32 Å². The number of carbonyl (C=O) groups excluding carboxylic acids is 1. The molecule has 114 valence electrons. The zero-order valence-corrected chi connectivity index (χ0v) is 13.0. The molecular formula is C18H26N2O. The molecule has 1 heterocycles. The Hall–Kier alpha value is -1.51. The van der Waals surface area contributed by atoms with E-state index in [9.17, 15) is 4.79 Å². The molecule has 0 spiro atoms. The molecule has 2 atom stereocenters. The van der Waals surface area contributed by atoms with Crippen molar-refractivity contribution < 1.29 is 4.79 Å². The average molecular weight is 286 g/mol. The summed E-state index contributed by atoms with van der Waals surface area (Å²) < 4.78 is 0. The average Bonchev–Trinajstić information content (AvgIpc) is 3.01. The maximum atomic E-state index is 13.0. The normalized spacial score (nSPS) is 24.7. The van der Waals surface area contributed by atoms with Crippen LogP contribution in [0.1, 0.15) is 55.8 Å². The molecule has 1 aromatic carbocycles. The van der Waals surface area contributed by atoms with E-state index in [1.165, 1.54) is 25.7 Å². The fourth-order valence-corrected chi connectivity index (χ4v) is 3.94. The molecule has 3 heteroatoms. The SMILES string of the molecule is CCCNc1ccccc1C(=O)N1CCCC2CCCC21. The van der Waals surface area contributed by atoms with E-state index in [-0.39, 0.29) is 5.91 Å². The minimum Gasteiger partial charge on any atom is -0.384 e. The number of carbonyl (C=O) groups is 1. The summed E-state index contributed by atoms with van der Waals surface area (Å²) in [6.45, 7) is 3.99. The van der Waals surface area contributed by atoms with Crippen LogP contribution in [-0.4, -0.2) is 29.9 Å². The second-order valence-electron chi connectivity index (χ2n) is 6.37. The number of likely N-dealkylation sites (tertiary alicyclic amines) is 1. The van der Waals surface area contributed by atoms with Gasteiger partial charge < -0.3 is 10.2 Å². The number of fused-ring (bicyclic) bond motifs is 1. The lowest BCUT2D eigenvalue weighted by Crippen LogP contribution is -2.46. The van der Waals surface area contributed by atoms with Gasteiger partial charge in [-0.2, -0.15) is 0 Å². The number of para-hydroxylation sites is 1. The van der Waals surface area contributed by atoms with Crippen molar-refractivity contribution in [2.24, 2.45) is 5.92 Å². The number of nitrogens with one attached hydrogen (secondary N) is 1. The van der Waals surface area contributed by atoms with E-state index >= 15 is 0 Å². The fraction of sp³-hybridized carbons (Fsp3) is 0.611. The first-order chi connectivity index (χ1) is 10.3. The van der Waals surface area contributed by atoms with Crippen molar-refractivity contribution >= 4 is 11.6 Å². The standard InChI is InChI=1S/C18H26N2O/c1-2-12-19-16-10-4-3-9-15(16)18(21)20-13-6-8-14-7-5-11-17(14)20/h3-4,9-10,14,17,19H,2,5-8,11-13H2,1H3. The lowest BCUT2D eigenvalue weighted by atomic mass is 9.91. The van der Waals surface area contributed by atoms with Gasteiger partial charge in [-0.1, -0.05) is 25.5 Å². The van der Waals surface area contributed by atoms with E-state index in [0.29, 0.717) is 6.04 Å². The van der Waals surface area contributed by atoms with Crippen LogP contribution in [0.5, 0.6) is 0 Å². The van der Waals surface area contributed by atoms with Gasteiger partial charge in [-0.3, -0.25) is 4.79 Å². The van der Waals surface area contributed by atoms with Gasteiger partial charge in [0.05, 0.1) is 5.56 Å². The third-order valence-corrected chi connectivity index (χ3v) is 4.98. The molecule has 2 aliphatic rings. The number of hydrogen-bond acceptors (Lipinski definition) is 2. The highest BCUT2D eigenvalue weighted by molar-refractivity contribution is 5.99. The summed E-state index contributed by atoms with van der Waals surface area (Å²) in [5.74, 6) is 0.976. The molecule has 2 fully saturated rings. The second kappa shape index (κ2) is 6.50. The Bertz CT molecular complexity index is 500. The van der Waals surface area contributed by atoms with Gasteiger partial charge in [0.15, 0.2) is 0 Å². The number of amides is 1. The van der Waals surface area contributed by atoms with Crippen LogP contribution in [-0.2, 0) is 0 Å². The predicted octanol–water partition coefficient (Wildman–Crippen LogP) is 3.91. The molecule has 0 bridgehead atoms. The Labute approximate surface area is 127 Å². The van der Waals surface area contributed by atoms with Crippen molar-refractivity contribution in [2.45, 2.75) is 51.5 Å². The molecule has 1 aliphatic heterocycles. The van der Waals surface area contributed by atoms with Crippen molar-refractivity contribution in [3.8, 4) is 0 Å². The lowest BCUT2D eigenvalue weighted by molar-refractivity contribution is 0.0549. The first kappa shape index (κ1) is 14.4. The van der Waals surface area contributed by atoms with Gasteiger partial charge in [-0.25, -0.2) is 0 Å². The third kappa shape index (κ3) is 2.92. The molecular weight excluding hydrogens is 260 g/mol. The minimum absolute atomic E-state index is 0.228. The third-order valence-electron chi connectivity index (χ3n) is 4.98. The Morgan fingerprint density at radius 3 is 2.90 bits per heavy atom. The predicted molar refractivity (Wildman–Crippen MR) is 86.6 cm³/mol. The molecule has 1 saturated heterocycles. The largest absolute Gasteiger partial charge is 0.384 e. The van der Waals surface area contributed by atoms with Gasteiger partial charge in [0.1, 0.15) is 0 Å². The Balaban J connectivity index is 1.81. The van der Waals surface area contributed by atoms with E-state index in [0.717, 1.165) is 43.1 Å². The van der Waals surface area contributed by atoms with Gasteiger partial charge in [-0.05, 0) is 50.2 Å². The molecule has 1 amide bonds. The maximum absolute atomic E-state index is 13.0. The molecule has 2 unspecified atom stereocenters. The first-order valence-electron chi connectivity index (χ1n) is 8.45. The van der Waals surface area contributed by atoms with E-state index in [1.807, 2.05) is 24.3 Å². The van der Waals surface area contributed by atoms with Crippen LogP contribution in [0.2, 0.25) is 0 Å². The van der Waals surface area contributed by atoms with Gasteiger partial charge in [0.2, 0.25) is 0 Å². The zero-order chi connectivity index (χ0) is 14.7. The summed E-state index contributed by atoms with van der Waals surface area (Å²) in [6, 6.07) is 8.47. The van der Waals surface area contributed by atoms with Crippen molar-refractivity contribution in [2.75, 3.05) is 18.4 Å². The highest BCUT2D eigenvalue weighted by Gasteiger charge is 2.37. The lowest BCUT2D eigenvalue weighted by Gasteiger charge is -2.38. The number of nitrogens with zero attached hydrogens (tertiary/aromatic N) is 1. The van der Waals surface area contributed by atoms with Crippen LogP contribution in [0, 0.1) is 5.92 Å². The summed E-state index contributed by atoms with van der Waals surface area (Å²) in [4.78, 5) is 15.2. The van der Waals surface area contributed by atoms with Gasteiger partial charge in [0.25, 0.3) is 5.91 Å². The van der Waals surface area contributed by atoms with Crippen molar-refractivity contribution in [1.29, 1.82) is 0 Å². The van der Waals surface area contributed by atoms with E-state index in [2.05, 4.69) is 17.1 Å². The van der Waals surface area contributed by atoms with Crippen molar-refractivity contribution in [1.82, 2.24) is 4.90 Å². The van der Waals surface area contributed by atoms with Crippen molar-refractivity contribution in [3.05, 3.63) is 29.8 Å². The minimum atomic E-state index is 0.228. The van der Waals surface area contributed by atoms with E-state index in [4.69, 9.17) is 0 Å². The molecule has 1 saturated carbocycles. The number of rotatable bonds is 4. The maximum Gasteiger partial charge on any atom is 0.256 e. The quantitative estimate of drug-likeness (QED) is 0.910. The monoisotopic (exact) mass is 286 g/mol. The van der Waals surface area contributed by atoms with Crippen LogP contribution in [0.4, 0.5) is 5.69 Å². The van der Waals surface area contributed by atoms with E-state index in [1.54, 1.807) is 0 Å². The molecule has 1 N–H and O–H groups in total. The van der Waals surface area contributed by atoms with Crippen LogP contribution >= 0.6 is 0 Å². The second-order valence-corrected chi connectivity index (χ2v) is 6.37. The fourth-order valence-electron chi connectivity index (χ4n) is 3.94. The number of hydrogen-bond donors (Lipinski definition) is 1. The number of benzene rings is 1. The number of piperidine rings is 1. The van der Waals surface area contributed by atoms with E-state index < -0.39 is 0 Å². The zero-order valence-electron chi connectivity index (χ0n) is 13.0. The van der Waals surface area contributed by atoms with Gasteiger partial charge >= 0.3 is 0 Å². The Morgan fingerprint density at radius 2 is 2.05 bits per heavy atom. The smallest absolute Gasteiger partial charge is 0.256 e. The molecule has 3 rings (SSSR count). The topological polar surface area (TPSA) is 32.3 Å². The van der Waals surface area contributed by atoms with Crippen LogP contribution in [0.15, 0.2) is 24.3 Å².